The molecule has 9 N–H and O–H groups in total. The number of epoxide rings is 2. The van der Waals surface area contributed by atoms with E-state index in [4.69, 9.17) is 35.0 Å². The summed E-state index contributed by atoms with van der Waals surface area (Å²) in [5.41, 5.74) is 0. The van der Waals surface area contributed by atoms with Crippen molar-refractivity contribution in [3.63, 3.8) is 0 Å². The Balaban J connectivity index is -0.00000125. The molecule has 0 amide bonds. The van der Waals surface area contributed by atoms with Crippen LogP contribution in [-0.2, 0) is 33.4 Å². The zero-order valence-electron chi connectivity index (χ0n) is 68.4. The highest BCUT2D eigenvalue weighted by molar-refractivity contribution is 5.67. The lowest BCUT2D eigenvalue weighted by Crippen LogP contribution is -2.25. The summed E-state index contributed by atoms with van der Waals surface area (Å²) in [6.07, 6.45) is 86.5. The number of carboxylic acid groups (broad SMARTS) is 5. The van der Waals surface area contributed by atoms with Crippen molar-refractivity contribution < 1.29 is 79.4 Å². The van der Waals surface area contributed by atoms with Crippen LogP contribution in [0.4, 0.5) is 0 Å². The Kier molecular flexibility index (Phi) is 84.3. The molecule has 2 aliphatic heterocycles. The lowest BCUT2D eigenvalue weighted by atomic mass is 10.0. The fourth-order valence-electron chi connectivity index (χ4n) is 12.1. The van der Waals surface area contributed by atoms with Crippen molar-refractivity contribution in [2.24, 2.45) is 0 Å². The SMILES string of the molecule is CCCCC/C=C\C/C=C\CCCCCCCC(=O)O.CCCCC/C=C\CC(O)C(O)CCCCCCCC(=O)O.CCCCC/C=C\CC1OC1CCCCCCCC(=O)O.CCCCCC(O)C(O)C/C=C\CCCCCCCC(=O)O.CCCCCC1OC1C/C=C\CCCCCCCC(=O)O. The van der Waals surface area contributed by atoms with E-state index >= 15 is 0 Å². The first-order valence-electron chi connectivity index (χ1n) is 43.4. The number of carboxylic acids is 5. The molecule has 0 aromatic rings. The number of rotatable bonds is 72. The average molecular weight is 1500 g/mol. The number of carbonyl (C=O) groups is 5. The van der Waals surface area contributed by atoms with E-state index in [0.717, 1.165) is 180 Å². The Bertz CT molecular complexity index is 2120. The number of unbranched alkanes of at least 4 members (excludes halogenated alkanes) is 36. The van der Waals surface area contributed by atoms with Crippen molar-refractivity contribution in [2.45, 2.75) is 469 Å². The third kappa shape index (κ3) is 88.5. The Morgan fingerprint density at radius 2 is 0.481 bits per heavy atom. The van der Waals surface area contributed by atoms with E-state index in [0.29, 0.717) is 69.4 Å². The van der Waals surface area contributed by atoms with Crippen LogP contribution in [0, 0.1) is 0 Å². The van der Waals surface area contributed by atoms with Gasteiger partial charge in [0, 0.05) is 32.1 Å². The zero-order chi connectivity index (χ0) is 78.8. The Morgan fingerprint density at radius 3 is 0.792 bits per heavy atom. The van der Waals surface area contributed by atoms with E-state index in [1.54, 1.807) is 0 Å². The fourth-order valence-corrected chi connectivity index (χ4v) is 12.1. The molecule has 2 heterocycles. The van der Waals surface area contributed by atoms with Crippen molar-refractivity contribution in [3.8, 4) is 0 Å². The molecule has 0 aromatic carbocycles. The quantitative estimate of drug-likeness (QED) is 0.0155. The van der Waals surface area contributed by atoms with E-state index in [1.165, 1.54) is 148 Å². The van der Waals surface area contributed by atoms with Crippen LogP contribution in [0.5, 0.6) is 0 Å². The Hall–Kier alpha value is -4.45. The number of aliphatic carboxylic acids is 5. The fraction of sp³-hybridized carbons (Fsp3) is 0.811. The van der Waals surface area contributed by atoms with Crippen molar-refractivity contribution in [2.75, 3.05) is 0 Å². The van der Waals surface area contributed by atoms with Crippen LogP contribution in [0.3, 0.4) is 0 Å². The van der Waals surface area contributed by atoms with E-state index in [2.05, 4.69) is 95.4 Å². The van der Waals surface area contributed by atoms with Gasteiger partial charge in [-0.15, -0.1) is 0 Å². The van der Waals surface area contributed by atoms with Crippen LogP contribution >= 0.6 is 0 Å². The van der Waals surface area contributed by atoms with Crippen molar-refractivity contribution >= 4 is 29.8 Å². The standard InChI is InChI=1S/2C18H34O4.2C18H32O3.C18H32O2/c1-2-3-10-13-16(19)17(20)14-11-8-6-4-5-7-9-12-15-18(21)22;1-2-3-4-5-7-10-13-16(19)17(20)14-11-8-6-9-12-15-18(21)22;1-2-3-10-13-16-17(21-16)14-11-8-6-4-5-7-9-12-15-18(19)20;1-2-3-4-5-7-10-13-16-17(21-16)14-11-8-6-9-12-15-18(19)20;1-2-3-4-5-6-7-8-9-10-11-12-13-14-15-16-17-18(19)20/h8,11,16-17,19-20H,2-7,9-10,12-15H2,1H3,(H,21,22);7,10,16-17,19-20H,2-6,8-9,11-15H2,1H3,(H,21,22);8,11,16-17H,2-7,9-10,12-15H2,1H3,(H,19,20);7,10,16-17H,2-6,8-9,11-15H2,1H3,(H,19,20);6-7,9-10H,2-5,8,11-17H2,1H3,(H,19,20)/b11-8-;10-7-;11-8-;10-7-;7-6-,10-9-. The summed E-state index contributed by atoms with van der Waals surface area (Å²) < 4.78 is 11.3. The molecule has 8 atom stereocenters. The van der Waals surface area contributed by atoms with Crippen molar-refractivity contribution in [1.82, 2.24) is 0 Å². The van der Waals surface area contributed by atoms with Gasteiger partial charge < -0.3 is 55.4 Å². The van der Waals surface area contributed by atoms with Crippen LogP contribution in [-0.4, -0.2) is 125 Å². The van der Waals surface area contributed by atoms with Crippen LogP contribution < -0.4 is 0 Å². The minimum atomic E-state index is -0.735. The molecule has 2 saturated heterocycles. The Morgan fingerprint density at radius 1 is 0.255 bits per heavy atom. The van der Waals surface area contributed by atoms with Crippen LogP contribution in [0.15, 0.2) is 72.9 Å². The lowest BCUT2D eigenvalue weighted by Gasteiger charge is -2.16. The van der Waals surface area contributed by atoms with Gasteiger partial charge in [0.1, 0.15) is 0 Å². The summed E-state index contributed by atoms with van der Waals surface area (Å²) in [7, 11) is 0. The van der Waals surface area contributed by atoms with Gasteiger partial charge >= 0.3 is 29.8 Å². The molecule has 2 fully saturated rings. The third-order valence-corrected chi connectivity index (χ3v) is 19.2. The molecule has 0 aliphatic carbocycles. The number of aliphatic hydroxyl groups is 4. The second-order valence-electron chi connectivity index (χ2n) is 29.7. The van der Waals surface area contributed by atoms with Crippen molar-refractivity contribution in [1.29, 1.82) is 0 Å². The molecule has 0 radical (unpaired) electrons. The number of allylic oxidation sites excluding steroid dienone is 8. The topological polar surface area (TPSA) is 292 Å². The molecule has 106 heavy (non-hydrogen) atoms. The molecule has 0 bridgehead atoms. The summed E-state index contributed by atoms with van der Waals surface area (Å²) in [6, 6.07) is 0. The van der Waals surface area contributed by atoms with Crippen LogP contribution in [0.1, 0.15) is 420 Å². The van der Waals surface area contributed by atoms with Gasteiger partial charge in [-0.3, -0.25) is 24.0 Å². The van der Waals surface area contributed by atoms with E-state index in [-0.39, 0.29) is 12.8 Å². The monoisotopic (exact) mass is 1500 g/mol. The highest BCUT2D eigenvalue weighted by Gasteiger charge is 2.37. The predicted octanol–water partition coefficient (Wildman–Crippen LogP) is 24.2. The summed E-state index contributed by atoms with van der Waals surface area (Å²) in [6.45, 7) is 11.0. The molecular formula is C90H164O16. The molecule has 8 unspecified atom stereocenters. The first-order chi connectivity index (χ1) is 51.4. The van der Waals surface area contributed by atoms with Crippen molar-refractivity contribution in [3.05, 3.63) is 72.9 Å². The summed E-state index contributed by atoms with van der Waals surface area (Å²) >= 11 is 0. The van der Waals surface area contributed by atoms with E-state index in [1.807, 2.05) is 12.2 Å². The van der Waals surface area contributed by atoms with E-state index in [9.17, 15) is 44.4 Å². The number of aliphatic hydroxyl groups excluding tert-OH is 4. The van der Waals surface area contributed by atoms with Gasteiger partial charge in [0.25, 0.3) is 0 Å². The third-order valence-electron chi connectivity index (χ3n) is 19.2. The van der Waals surface area contributed by atoms with Crippen LogP contribution in [0.25, 0.3) is 0 Å². The van der Waals surface area contributed by atoms with Gasteiger partial charge in [-0.25, -0.2) is 0 Å². The van der Waals surface area contributed by atoms with Crippen LogP contribution in [0.2, 0.25) is 0 Å². The van der Waals surface area contributed by atoms with Gasteiger partial charge in [0.2, 0.25) is 0 Å². The smallest absolute Gasteiger partial charge is 0.303 e. The summed E-state index contributed by atoms with van der Waals surface area (Å²) in [5, 5.41) is 81.9. The first kappa shape index (κ1) is 106. The highest BCUT2D eigenvalue weighted by Crippen LogP contribution is 2.32. The molecular weight excluding hydrogens is 1340 g/mol. The molecule has 16 nitrogen and oxygen atoms in total. The zero-order valence-corrected chi connectivity index (χ0v) is 68.4. The molecule has 0 saturated carbocycles. The van der Waals surface area contributed by atoms with Gasteiger partial charge in [-0.1, -0.05) is 294 Å². The summed E-state index contributed by atoms with van der Waals surface area (Å²) in [5.74, 6) is -3.46. The Labute approximate surface area is 647 Å². The summed E-state index contributed by atoms with van der Waals surface area (Å²) in [4.78, 5) is 51.7. The van der Waals surface area contributed by atoms with Gasteiger partial charge in [0.05, 0.1) is 48.8 Å². The predicted molar refractivity (Wildman–Crippen MR) is 440 cm³/mol. The first-order valence-corrected chi connectivity index (χ1v) is 43.4. The lowest BCUT2D eigenvalue weighted by molar-refractivity contribution is -0.138. The number of ether oxygens (including phenoxy) is 2. The largest absolute Gasteiger partial charge is 0.481 e. The maximum atomic E-state index is 10.4. The average Bonchev–Trinajstić information content (AvgIpc) is 1.71. The van der Waals surface area contributed by atoms with Gasteiger partial charge in [-0.05, 0) is 167 Å². The molecule has 620 valence electrons. The molecule has 0 aromatic heterocycles. The molecule has 2 rings (SSSR count). The normalized spacial score (nSPS) is 16.5. The minimum absolute atomic E-state index is 0.242. The van der Waals surface area contributed by atoms with Gasteiger partial charge in [-0.2, -0.15) is 0 Å². The molecule has 0 spiro atoms. The number of hydrogen-bond acceptors (Lipinski definition) is 11. The van der Waals surface area contributed by atoms with E-state index < -0.39 is 54.3 Å². The minimum Gasteiger partial charge on any atom is -0.481 e. The number of hydrogen-bond donors (Lipinski definition) is 9. The van der Waals surface area contributed by atoms with Gasteiger partial charge in [0.15, 0.2) is 0 Å². The molecule has 2 aliphatic rings. The highest BCUT2D eigenvalue weighted by atomic mass is 16.6. The maximum absolute atomic E-state index is 10.4. The maximum Gasteiger partial charge on any atom is 0.303 e. The second kappa shape index (κ2) is 84.6. The second-order valence-corrected chi connectivity index (χ2v) is 29.7. The molecule has 16 heteroatoms.